The predicted molar refractivity (Wildman–Crippen MR) is 103 cm³/mol. The number of rotatable bonds is 3. The Morgan fingerprint density at radius 1 is 1.07 bits per heavy atom. The molecule has 1 amide bonds. The van der Waals surface area contributed by atoms with E-state index < -0.39 is 0 Å². The van der Waals surface area contributed by atoms with Crippen LogP contribution in [0.15, 0.2) is 65.3 Å². The fourth-order valence-corrected chi connectivity index (χ4v) is 3.06. The third-order valence-corrected chi connectivity index (χ3v) is 4.36. The van der Waals surface area contributed by atoms with Gasteiger partial charge in [-0.2, -0.15) is 0 Å². The number of fused-ring (bicyclic) bond motifs is 2. The summed E-state index contributed by atoms with van der Waals surface area (Å²) < 4.78 is 7.39. The number of aromatic nitrogens is 5. The second-order valence-electron chi connectivity index (χ2n) is 6.23. The van der Waals surface area contributed by atoms with Crippen LogP contribution in [0.1, 0.15) is 16.2 Å². The molecular formula is C20H14N6O2. The number of hydrogen-bond donors (Lipinski definition) is 1. The van der Waals surface area contributed by atoms with Crippen molar-refractivity contribution in [2.45, 2.75) is 6.92 Å². The first-order valence-electron chi connectivity index (χ1n) is 8.63. The highest BCUT2D eigenvalue weighted by Crippen LogP contribution is 2.25. The fraction of sp³-hybridized carbons (Fsp3) is 0.0500. The highest BCUT2D eigenvalue weighted by Gasteiger charge is 2.13. The lowest BCUT2D eigenvalue weighted by atomic mass is 10.1. The summed E-state index contributed by atoms with van der Waals surface area (Å²) >= 11 is 0. The number of hydrogen-bond acceptors (Lipinski definition) is 6. The van der Waals surface area contributed by atoms with Gasteiger partial charge in [-0.3, -0.25) is 9.20 Å². The number of carbonyl (C=O) groups is 1. The van der Waals surface area contributed by atoms with E-state index in [0.717, 1.165) is 5.56 Å². The van der Waals surface area contributed by atoms with Crippen molar-refractivity contribution in [1.82, 2.24) is 24.6 Å². The molecule has 0 spiro atoms. The first-order valence-corrected chi connectivity index (χ1v) is 8.63. The van der Waals surface area contributed by atoms with Crippen LogP contribution in [-0.2, 0) is 0 Å². The molecule has 0 aliphatic carbocycles. The Labute approximate surface area is 158 Å². The van der Waals surface area contributed by atoms with Gasteiger partial charge in [-0.05, 0) is 30.3 Å². The molecule has 0 saturated heterocycles. The van der Waals surface area contributed by atoms with Crippen molar-refractivity contribution in [1.29, 1.82) is 0 Å². The number of carbonyl (C=O) groups excluding carboxylic acids is 1. The van der Waals surface area contributed by atoms with Gasteiger partial charge < -0.3 is 9.73 Å². The van der Waals surface area contributed by atoms with Crippen molar-refractivity contribution < 1.29 is 9.21 Å². The zero-order valence-corrected chi connectivity index (χ0v) is 14.8. The van der Waals surface area contributed by atoms with Gasteiger partial charge in [-0.15, -0.1) is 10.2 Å². The Bertz CT molecular complexity index is 1320. The van der Waals surface area contributed by atoms with E-state index in [4.69, 9.17) is 4.42 Å². The van der Waals surface area contributed by atoms with Crippen LogP contribution in [0, 0.1) is 6.92 Å². The minimum atomic E-state index is -0.235. The third-order valence-electron chi connectivity index (χ3n) is 4.36. The van der Waals surface area contributed by atoms with Crippen LogP contribution in [0.25, 0.3) is 28.3 Å². The van der Waals surface area contributed by atoms with Crippen molar-refractivity contribution in [3.05, 3.63) is 72.4 Å². The first-order chi connectivity index (χ1) is 13.7. The summed E-state index contributed by atoms with van der Waals surface area (Å²) in [4.78, 5) is 21.1. The van der Waals surface area contributed by atoms with Gasteiger partial charge in [0, 0.05) is 30.4 Å². The van der Waals surface area contributed by atoms with Crippen molar-refractivity contribution in [2.24, 2.45) is 0 Å². The monoisotopic (exact) mass is 370 g/mol. The Balaban J connectivity index is 1.43. The quantitative estimate of drug-likeness (QED) is 0.522. The largest absolute Gasteiger partial charge is 0.439 e. The van der Waals surface area contributed by atoms with Gasteiger partial charge in [0.05, 0.1) is 5.69 Å². The maximum atomic E-state index is 12.7. The number of nitrogens with one attached hydrogen (secondary N) is 1. The van der Waals surface area contributed by atoms with Gasteiger partial charge in [0.25, 0.3) is 11.7 Å². The molecule has 0 bridgehead atoms. The Kier molecular flexibility index (Phi) is 3.61. The molecule has 5 rings (SSSR count). The molecular weight excluding hydrogens is 356 g/mol. The van der Waals surface area contributed by atoms with Gasteiger partial charge in [-0.1, -0.05) is 18.2 Å². The van der Waals surface area contributed by atoms with Gasteiger partial charge in [0.1, 0.15) is 5.52 Å². The standard InChI is InChI=1S/C20H14N6O2/c1-12-22-15-4-2-5-16(17(15)28-12)23-19(27)14-8-6-13(7-9-14)18-24-25-20-21-10-3-11-26(18)20/h2-11H,1H3,(H,23,27). The summed E-state index contributed by atoms with van der Waals surface area (Å²) in [6, 6.07) is 14.4. The zero-order valence-electron chi connectivity index (χ0n) is 14.8. The van der Waals surface area contributed by atoms with E-state index in [-0.39, 0.29) is 5.91 Å². The summed E-state index contributed by atoms with van der Waals surface area (Å²) in [6.45, 7) is 1.77. The highest BCUT2D eigenvalue weighted by molar-refractivity contribution is 6.07. The van der Waals surface area contributed by atoms with Gasteiger partial charge in [0.15, 0.2) is 17.3 Å². The topological polar surface area (TPSA) is 98.2 Å². The van der Waals surface area contributed by atoms with Crippen molar-refractivity contribution in [2.75, 3.05) is 5.32 Å². The van der Waals surface area contributed by atoms with Crippen LogP contribution in [0.5, 0.6) is 0 Å². The van der Waals surface area contributed by atoms with E-state index in [0.29, 0.717) is 39.8 Å². The Morgan fingerprint density at radius 3 is 2.79 bits per heavy atom. The summed E-state index contributed by atoms with van der Waals surface area (Å²) in [7, 11) is 0. The van der Waals surface area contributed by atoms with Crippen molar-refractivity contribution in [3.8, 4) is 11.4 Å². The molecule has 0 fully saturated rings. The van der Waals surface area contributed by atoms with Gasteiger partial charge in [-0.25, -0.2) is 9.97 Å². The smallest absolute Gasteiger partial charge is 0.255 e. The number of para-hydroxylation sites is 1. The lowest BCUT2D eigenvalue weighted by molar-refractivity contribution is 0.102. The van der Waals surface area contributed by atoms with Crippen LogP contribution in [0.3, 0.4) is 0 Å². The molecule has 0 atom stereocenters. The van der Waals surface area contributed by atoms with E-state index in [1.807, 2.05) is 36.5 Å². The third kappa shape index (κ3) is 2.67. The number of anilines is 1. The van der Waals surface area contributed by atoms with Gasteiger partial charge >= 0.3 is 0 Å². The predicted octanol–water partition coefficient (Wildman–Crippen LogP) is 3.49. The Hall–Kier alpha value is -4.07. The van der Waals surface area contributed by atoms with Crippen LogP contribution >= 0.6 is 0 Å². The van der Waals surface area contributed by atoms with Gasteiger partial charge in [0.2, 0.25) is 0 Å². The molecule has 0 unspecified atom stereocenters. The molecule has 2 aromatic carbocycles. The zero-order chi connectivity index (χ0) is 19.1. The summed E-state index contributed by atoms with van der Waals surface area (Å²) in [5.41, 5.74) is 3.21. The fourth-order valence-electron chi connectivity index (χ4n) is 3.06. The second-order valence-corrected chi connectivity index (χ2v) is 6.23. The second kappa shape index (κ2) is 6.27. The molecule has 1 N–H and O–H groups in total. The van der Waals surface area contributed by atoms with Crippen LogP contribution in [-0.4, -0.2) is 30.5 Å². The number of oxazole rings is 1. The molecule has 0 saturated carbocycles. The van der Waals surface area contributed by atoms with Crippen molar-refractivity contribution in [3.63, 3.8) is 0 Å². The van der Waals surface area contributed by atoms with E-state index >= 15 is 0 Å². The van der Waals surface area contributed by atoms with Crippen LogP contribution in [0.4, 0.5) is 5.69 Å². The lowest BCUT2D eigenvalue weighted by Gasteiger charge is -2.06. The molecule has 0 aliphatic heterocycles. The summed E-state index contributed by atoms with van der Waals surface area (Å²) in [5, 5.41) is 11.1. The van der Waals surface area contributed by atoms with E-state index in [1.54, 1.807) is 35.7 Å². The minimum absolute atomic E-state index is 0.235. The van der Waals surface area contributed by atoms with Crippen LogP contribution < -0.4 is 5.32 Å². The molecule has 5 aromatic rings. The number of aryl methyl sites for hydroxylation is 1. The minimum Gasteiger partial charge on any atom is -0.439 e. The molecule has 3 heterocycles. The molecule has 0 radical (unpaired) electrons. The molecule has 0 aliphatic rings. The average Bonchev–Trinajstić information content (AvgIpc) is 3.31. The number of nitrogens with zero attached hydrogens (tertiary/aromatic N) is 5. The summed E-state index contributed by atoms with van der Waals surface area (Å²) in [5.74, 6) is 1.50. The SMILES string of the molecule is Cc1nc2cccc(NC(=O)c3ccc(-c4nnc5ncccn45)cc3)c2o1. The molecule has 28 heavy (non-hydrogen) atoms. The first kappa shape index (κ1) is 16.1. The van der Waals surface area contributed by atoms with Crippen molar-refractivity contribution >= 4 is 28.5 Å². The number of amides is 1. The Morgan fingerprint density at radius 2 is 1.93 bits per heavy atom. The maximum Gasteiger partial charge on any atom is 0.255 e. The normalized spacial score (nSPS) is 11.2. The number of benzene rings is 2. The molecule has 8 nitrogen and oxygen atoms in total. The molecule has 3 aromatic heterocycles. The van der Waals surface area contributed by atoms with E-state index in [1.165, 1.54) is 0 Å². The maximum absolute atomic E-state index is 12.7. The van der Waals surface area contributed by atoms with E-state index in [9.17, 15) is 4.79 Å². The average molecular weight is 370 g/mol. The summed E-state index contributed by atoms with van der Waals surface area (Å²) in [6.07, 6.45) is 3.51. The van der Waals surface area contributed by atoms with Crippen LogP contribution in [0.2, 0.25) is 0 Å². The lowest BCUT2D eigenvalue weighted by Crippen LogP contribution is -2.11. The molecule has 8 heteroatoms. The molecule has 136 valence electrons. The van der Waals surface area contributed by atoms with E-state index in [2.05, 4.69) is 25.5 Å². The highest BCUT2D eigenvalue weighted by atomic mass is 16.3.